The summed E-state index contributed by atoms with van der Waals surface area (Å²) in [5.74, 6) is 0.995. The van der Waals surface area contributed by atoms with Crippen LogP contribution < -0.4 is 10.2 Å². The van der Waals surface area contributed by atoms with Gasteiger partial charge in [-0.25, -0.2) is 19.9 Å². The summed E-state index contributed by atoms with van der Waals surface area (Å²) in [5, 5.41) is 6.89. The highest BCUT2D eigenvalue weighted by molar-refractivity contribution is 7.16. The number of rotatable bonds is 5. The number of halogens is 3. The molecular weight excluding hydrogens is 547 g/mol. The third-order valence-electron chi connectivity index (χ3n) is 7.00. The van der Waals surface area contributed by atoms with Crippen LogP contribution in [0.5, 0.6) is 0 Å². The van der Waals surface area contributed by atoms with Gasteiger partial charge in [0.2, 0.25) is 0 Å². The summed E-state index contributed by atoms with van der Waals surface area (Å²) in [4.78, 5) is 35.9. The number of anilines is 3. The summed E-state index contributed by atoms with van der Waals surface area (Å²) in [6, 6.07) is 5.90. The number of hydrogen-bond acceptors (Lipinski definition) is 9. The summed E-state index contributed by atoms with van der Waals surface area (Å²) in [7, 11) is 0. The molecule has 0 aromatic carbocycles. The minimum Gasteiger partial charge on any atom is -0.352 e. The minimum atomic E-state index is -4.42. The van der Waals surface area contributed by atoms with Gasteiger partial charge in [-0.05, 0) is 51.0 Å². The van der Waals surface area contributed by atoms with Gasteiger partial charge in [0.05, 0.1) is 44.5 Å². The Labute approximate surface area is 230 Å². The van der Waals surface area contributed by atoms with Crippen LogP contribution in [0.25, 0.3) is 10.6 Å². The molecule has 0 saturated carbocycles. The van der Waals surface area contributed by atoms with Gasteiger partial charge in [0.25, 0.3) is 5.91 Å². The first-order valence-corrected chi connectivity index (χ1v) is 14.1. The quantitative estimate of drug-likeness (QED) is 0.318. The number of carbonyl (C=O) groups excluding carboxylic acids is 1. The molecule has 202 valence electrons. The van der Waals surface area contributed by atoms with E-state index in [9.17, 15) is 18.0 Å². The van der Waals surface area contributed by atoms with E-state index < -0.39 is 11.7 Å². The van der Waals surface area contributed by atoms with Gasteiger partial charge in [0, 0.05) is 30.9 Å². The van der Waals surface area contributed by atoms with Crippen LogP contribution >= 0.6 is 22.7 Å². The molecule has 4 aromatic rings. The van der Waals surface area contributed by atoms with Crippen molar-refractivity contribution in [3.8, 4) is 10.6 Å². The number of alkyl halides is 3. The number of aryl methyl sites for hydroxylation is 2. The average Bonchev–Trinajstić information content (AvgIpc) is 3.58. The van der Waals surface area contributed by atoms with Gasteiger partial charge in [0.1, 0.15) is 11.6 Å². The van der Waals surface area contributed by atoms with Crippen molar-refractivity contribution in [2.75, 3.05) is 23.3 Å². The molecule has 2 aliphatic heterocycles. The molecule has 0 aliphatic carbocycles. The summed E-state index contributed by atoms with van der Waals surface area (Å²) in [5.41, 5.74) is 1.56. The molecule has 8 nitrogen and oxygen atoms in total. The molecule has 13 heteroatoms. The topological polar surface area (TPSA) is 87.1 Å². The maximum absolute atomic E-state index is 13.4. The van der Waals surface area contributed by atoms with E-state index in [0.717, 1.165) is 46.4 Å². The fourth-order valence-electron chi connectivity index (χ4n) is 5.22. The van der Waals surface area contributed by atoms with E-state index in [1.807, 2.05) is 29.0 Å². The van der Waals surface area contributed by atoms with Crippen LogP contribution in [0.3, 0.4) is 0 Å². The number of fused-ring (bicyclic) bond motifs is 2. The van der Waals surface area contributed by atoms with E-state index >= 15 is 0 Å². The van der Waals surface area contributed by atoms with Crippen molar-refractivity contribution in [3.63, 3.8) is 0 Å². The van der Waals surface area contributed by atoms with E-state index in [1.54, 1.807) is 29.7 Å². The molecule has 1 N–H and O–H groups in total. The highest BCUT2D eigenvalue weighted by Gasteiger charge is 2.43. The van der Waals surface area contributed by atoms with E-state index in [4.69, 9.17) is 0 Å². The second kappa shape index (κ2) is 9.87. The number of pyridine rings is 2. The number of thiazole rings is 2. The van der Waals surface area contributed by atoms with Crippen molar-refractivity contribution in [2.24, 2.45) is 0 Å². The number of hydrogen-bond donors (Lipinski definition) is 1. The van der Waals surface area contributed by atoms with Gasteiger partial charge < -0.3 is 15.1 Å². The monoisotopic (exact) mass is 571 g/mol. The number of piperazine rings is 1. The third-order valence-corrected chi connectivity index (χ3v) is 8.85. The van der Waals surface area contributed by atoms with Crippen molar-refractivity contribution in [1.82, 2.24) is 24.8 Å². The lowest BCUT2D eigenvalue weighted by Gasteiger charge is -2.41. The van der Waals surface area contributed by atoms with Crippen molar-refractivity contribution in [1.29, 1.82) is 0 Å². The summed E-state index contributed by atoms with van der Waals surface area (Å²) in [6.07, 6.45) is -0.307. The molecule has 2 atom stereocenters. The second-order valence-corrected chi connectivity index (χ2v) is 11.7. The lowest BCUT2D eigenvalue weighted by atomic mass is 10.1. The first kappa shape index (κ1) is 25.7. The second-order valence-electron chi connectivity index (χ2n) is 9.65. The lowest BCUT2D eigenvalue weighted by Crippen LogP contribution is -2.56. The number of nitrogens with one attached hydrogen (secondary N) is 1. The Hall–Kier alpha value is -3.58. The lowest BCUT2D eigenvalue weighted by molar-refractivity contribution is -0.137. The van der Waals surface area contributed by atoms with Crippen molar-refractivity contribution < 1.29 is 18.0 Å². The van der Waals surface area contributed by atoms with Gasteiger partial charge in [-0.3, -0.25) is 4.79 Å². The van der Waals surface area contributed by atoms with Crippen LogP contribution in [-0.4, -0.2) is 55.9 Å². The molecule has 0 radical (unpaired) electrons. The predicted molar refractivity (Wildman–Crippen MR) is 145 cm³/mol. The smallest absolute Gasteiger partial charge is 0.352 e. The van der Waals surface area contributed by atoms with Crippen LogP contribution in [0.1, 0.15) is 39.5 Å². The van der Waals surface area contributed by atoms with Crippen molar-refractivity contribution in [2.45, 2.75) is 44.9 Å². The average molecular weight is 572 g/mol. The fraction of sp³-hybridized carbons (Fsp3) is 0.346. The van der Waals surface area contributed by atoms with E-state index in [-0.39, 0.29) is 18.0 Å². The fourth-order valence-corrected chi connectivity index (χ4v) is 6.88. The number of aromatic nitrogens is 4. The summed E-state index contributed by atoms with van der Waals surface area (Å²) < 4.78 is 38.7. The molecule has 6 rings (SSSR count). The molecule has 39 heavy (non-hydrogen) atoms. The maximum atomic E-state index is 13.4. The van der Waals surface area contributed by atoms with Crippen molar-refractivity contribution in [3.05, 3.63) is 63.9 Å². The number of nitrogens with zero attached hydrogens (tertiary/aromatic N) is 6. The molecule has 4 aromatic heterocycles. The zero-order valence-corrected chi connectivity index (χ0v) is 22.7. The van der Waals surface area contributed by atoms with Crippen LogP contribution in [0.15, 0.2) is 42.0 Å². The van der Waals surface area contributed by atoms with Gasteiger partial charge in [0.15, 0.2) is 5.13 Å². The van der Waals surface area contributed by atoms with Crippen LogP contribution in [-0.2, 0) is 6.18 Å². The highest BCUT2D eigenvalue weighted by atomic mass is 32.1. The zero-order valence-electron chi connectivity index (χ0n) is 21.1. The molecule has 2 bridgehead atoms. The van der Waals surface area contributed by atoms with Crippen LogP contribution in [0, 0.1) is 13.8 Å². The van der Waals surface area contributed by atoms with Crippen LogP contribution in [0.4, 0.5) is 29.9 Å². The molecule has 0 spiro atoms. The molecule has 6 heterocycles. The molecule has 1 amide bonds. The van der Waals surface area contributed by atoms with Crippen molar-refractivity contribution >= 4 is 45.3 Å². The van der Waals surface area contributed by atoms with Gasteiger partial charge in [-0.1, -0.05) is 0 Å². The van der Waals surface area contributed by atoms with E-state index in [1.165, 1.54) is 17.4 Å². The summed E-state index contributed by atoms with van der Waals surface area (Å²) in [6.45, 7) is 5.00. The number of carbonyl (C=O) groups is 1. The normalized spacial score (nSPS) is 19.0. The largest absolute Gasteiger partial charge is 0.417 e. The van der Waals surface area contributed by atoms with E-state index in [0.29, 0.717) is 35.4 Å². The first-order valence-electron chi connectivity index (χ1n) is 12.4. The molecule has 2 aliphatic rings. The predicted octanol–water partition coefficient (Wildman–Crippen LogP) is 5.93. The Morgan fingerprint density at radius 3 is 2.38 bits per heavy atom. The SMILES string of the molecule is Cc1nc(C)c(-c2csc(Nc3ccc(C(=O)N4C5CCC4CN(c4ccc(C(F)(F)F)cn4)C5)cn3)n2)s1. The zero-order chi connectivity index (χ0) is 27.3. The van der Waals surface area contributed by atoms with Crippen LogP contribution in [0.2, 0.25) is 0 Å². The Balaban J connectivity index is 1.11. The highest BCUT2D eigenvalue weighted by Crippen LogP contribution is 2.35. The first-order chi connectivity index (χ1) is 18.7. The Kier molecular flexibility index (Phi) is 6.50. The maximum Gasteiger partial charge on any atom is 0.417 e. The minimum absolute atomic E-state index is 0.0364. The van der Waals surface area contributed by atoms with Gasteiger partial charge in [-0.15, -0.1) is 22.7 Å². The standard InChI is InChI=1S/C26H24F3N7OS2/c1-14-23(39-15(2)32-14)20-13-38-25(33-20)34-21-7-3-16(9-30-21)24(37)36-18-5-6-19(36)12-35(11-18)22-8-4-17(10-31-22)26(27,28)29/h3-4,7-10,13,18-19H,5-6,11-12H2,1-2H3,(H,30,33,34). The molecule has 2 fully saturated rings. The molecule has 2 unspecified atom stereocenters. The molecule has 2 saturated heterocycles. The Morgan fingerprint density at radius 2 is 1.79 bits per heavy atom. The Morgan fingerprint density at radius 1 is 1.03 bits per heavy atom. The number of amides is 1. The molecular formula is C26H24F3N7OS2. The van der Waals surface area contributed by atoms with Gasteiger partial charge >= 0.3 is 6.18 Å². The Bertz CT molecular complexity index is 1490. The van der Waals surface area contributed by atoms with E-state index in [2.05, 4.69) is 25.3 Å². The van der Waals surface area contributed by atoms with Gasteiger partial charge in [-0.2, -0.15) is 13.2 Å². The third kappa shape index (κ3) is 5.08. The summed E-state index contributed by atoms with van der Waals surface area (Å²) >= 11 is 3.09.